The minimum absolute atomic E-state index is 0.270. The largest absolute Gasteiger partial charge is 0.366 e. The lowest BCUT2D eigenvalue weighted by molar-refractivity contribution is -0.188. The predicted octanol–water partition coefficient (Wildman–Crippen LogP) is 1.80. The number of nitrogens with one attached hydrogen (secondary N) is 1. The van der Waals surface area contributed by atoms with Gasteiger partial charge in [-0.2, -0.15) is 0 Å². The molecule has 2 nitrogen and oxygen atoms in total. The quantitative estimate of drug-likeness (QED) is 0.685. The number of ether oxygens (including phenoxy) is 1. The van der Waals surface area contributed by atoms with Crippen molar-refractivity contribution in [2.75, 3.05) is 13.1 Å². The van der Waals surface area contributed by atoms with Gasteiger partial charge in [0.1, 0.15) is 6.10 Å². The summed E-state index contributed by atoms with van der Waals surface area (Å²) in [5.74, 6) is -2.73. The molecule has 1 rings (SSSR count). The Morgan fingerprint density at radius 1 is 1.38 bits per heavy atom. The molecule has 4 heteroatoms. The maximum atomic E-state index is 13.2. The van der Waals surface area contributed by atoms with Crippen molar-refractivity contribution in [3.05, 3.63) is 0 Å². The Kier molecular flexibility index (Phi) is 2.92. The molecule has 0 aliphatic carbocycles. The minimum atomic E-state index is -2.73. The third-order valence-corrected chi connectivity index (χ3v) is 1.91. The average molecular weight is 193 g/mol. The molecule has 0 unspecified atom stereocenters. The van der Waals surface area contributed by atoms with Gasteiger partial charge in [-0.3, -0.25) is 0 Å². The van der Waals surface area contributed by atoms with E-state index >= 15 is 0 Å². The van der Waals surface area contributed by atoms with Crippen LogP contribution in [0, 0.1) is 0 Å². The maximum absolute atomic E-state index is 13.2. The van der Waals surface area contributed by atoms with Gasteiger partial charge in [0.2, 0.25) is 0 Å². The summed E-state index contributed by atoms with van der Waals surface area (Å²) in [6.07, 6.45) is -0.557. The molecule has 0 amide bonds. The lowest BCUT2D eigenvalue weighted by Crippen LogP contribution is -2.52. The molecule has 0 aromatic carbocycles. The number of hydrogen-bond donors (Lipinski definition) is 1. The van der Waals surface area contributed by atoms with Crippen molar-refractivity contribution < 1.29 is 13.5 Å². The van der Waals surface area contributed by atoms with Crippen LogP contribution in [0.5, 0.6) is 0 Å². The summed E-state index contributed by atoms with van der Waals surface area (Å²) in [6.45, 7) is 5.73. The van der Waals surface area contributed by atoms with Gasteiger partial charge in [-0.1, -0.05) is 0 Å². The number of hydrogen-bond acceptors (Lipinski definition) is 2. The van der Waals surface area contributed by atoms with Crippen LogP contribution in [-0.4, -0.2) is 30.7 Å². The Morgan fingerprint density at radius 2 is 2.00 bits per heavy atom. The van der Waals surface area contributed by atoms with Crippen LogP contribution in [0.15, 0.2) is 0 Å². The van der Waals surface area contributed by atoms with Crippen molar-refractivity contribution in [1.82, 2.24) is 5.32 Å². The molecule has 0 saturated carbocycles. The first-order valence-corrected chi connectivity index (χ1v) is 4.58. The van der Waals surface area contributed by atoms with E-state index in [-0.39, 0.29) is 6.54 Å². The first-order valence-electron chi connectivity index (χ1n) is 4.58. The summed E-state index contributed by atoms with van der Waals surface area (Å²) in [5.41, 5.74) is -0.495. The van der Waals surface area contributed by atoms with Crippen molar-refractivity contribution in [2.24, 2.45) is 0 Å². The van der Waals surface area contributed by atoms with Crippen molar-refractivity contribution in [1.29, 1.82) is 0 Å². The van der Waals surface area contributed by atoms with Gasteiger partial charge >= 0.3 is 0 Å². The van der Waals surface area contributed by atoms with E-state index in [0.29, 0.717) is 13.0 Å². The molecule has 0 radical (unpaired) electrons. The standard InChI is InChI=1S/C9H17F2NO/c1-8(2,3)13-7-4-5-12-6-9(7,10)11/h7,12H,4-6H2,1-3H3/t7-/m0/s1. The summed E-state index contributed by atoms with van der Waals surface area (Å²) in [4.78, 5) is 0. The molecule has 1 heterocycles. The summed E-state index contributed by atoms with van der Waals surface area (Å²) in [7, 11) is 0. The van der Waals surface area contributed by atoms with E-state index < -0.39 is 17.6 Å². The van der Waals surface area contributed by atoms with Gasteiger partial charge in [-0.15, -0.1) is 0 Å². The van der Waals surface area contributed by atoms with Gasteiger partial charge in [-0.05, 0) is 33.7 Å². The Labute approximate surface area is 77.6 Å². The molecule has 1 aliphatic heterocycles. The molecule has 1 aliphatic rings. The summed E-state index contributed by atoms with van der Waals surface area (Å²) in [6, 6.07) is 0. The Balaban J connectivity index is 2.56. The monoisotopic (exact) mass is 193 g/mol. The second kappa shape index (κ2) is 3.50. The lowest BCUT2D eigenvalue weighted by atomic mass is 10.0. The minimum Gasteiger partial charge on any atom is -0.366 e. The summed E-state index contributed by atoms with van der Waals surface area (Å²) in [5, 5.41) is 2.66. The highest BCUT2D eigenvalue weighted by Gasteiger charge is 2.44. The topological polar surface area (TPSA) is 21.3 Å². The van der Waals surface area contributed by atoms with Gasteiger partial charge in [0.15, 0.2) is 0 Å². The number of halogens is 2. The second-order valence-electron chi connectivity index (χ2n) is 4.45. The van der Waals surface area contributed by atoms with Crippen LogP contribution in [0.2, 0.25) is 0 Å². The highest BCUT2D eigenvalue weighted by atomic mass is 19.3. The van der Waals surface area contributed by atoms with Crippen LogP contribution in [0.25, 0.3) is 0 Å². The Morgan fingerprint density at radius 3 is 2.46 bits per heavy atom. The normalized spacial score (nSPS) is 28.8. The fourth-order valence-corrected chi connectivity index (χ4v) is 1.39. The predicted molar refractivity (Wildman–Crippen MR) is 47.1 cm³/mol. The van der Waals surface area contributed by atoms with E-state index in [4.69, 9.17) is 4.74 Å². The number of rotatable bonds is 1. The molecule has 1 saturated heterocycles. The second-order valence-corrected chi connectivity index (χ2v) is 4.45. The maximum Gasteiger partial charge on any atom is 0.285 e. The van der Waals surface area contributed by atoms with Crippen LogP contribution in [-0.2, 0) is 4.74 Å². The third-order valence-electron chi connectivity index (χ3n) is 1.91. The molecule has 0 bridgehead atoms. The van der Waals surface area contributed by atoms with E-state index in [1.54, 1.807) is 20.8 Å². The van der Waals surface area contributed by atoms with Crippen molar-refractivity contribution in [2.45, 2.75) is 44.8 Å². The SMILES string of the molecule is CC(C)(C)O[C@H]1CCNCC1(F)F. The zero-order chi connectivity index (χ0) is 10.1. The van der Waals surface area contributed by atoms with Gasteiger partial charge in [0.25, 0.3) is 5.92 Å². The number of alkyl halides is 2. The first-order chi connectivity index (χ1) is 5.81. The molecule has 13 heavy (non-hydrogen) atoms. The molecule has 0 aromatic rings. The number of piperidine rings is 1. The molecule has 1 atom stereocenters. The zero-order valence-electron chi connectivity index (χ0n) is 8.36. The van der Waals surface area contributed by atoms with Gasteiger partial charge < -0.3 is 10.1 Å². The molecule has 78 valence electrons. The van der Waals surface area contributed by atoms with Gasteiger partial charge in [0, 0.05) is 0 Å². The lowest BCUT2D eigenvalue weighted by Gasteiger charge is -2.36. The summed E-state index contributed by atoms with van der Waals surface area (Å²) >= 11 is 0. The smallest absolute Gasteiger partial charge is 0.285 e. The highest BCUT2D eigenvalue weighted by Crippen LogP contribution is 2.29. The van der Waals surface area contributed by atoms with E-state index in [1.807, 2.05) is 0 Å². The fourth-order valence-electron chi connectivity index (χ4n) is 1.39. The summed E-state index contributed by atoms with van der Waals surface area (Å²) < 4.78 is 31.7. The fraction of sp³-hybridized carbons (Fsp3) is 1.00. The van der Waals surface area contributed by atoms with E-state index in [2.05, 4.69) is 5.32 Å². The van der Waals surface area contributed by atoms with Crippen LogP contribution >= 0.6 is 0 Å². The first kappa shape index (κ1) is 10.9. The van der Waals surface area contributed by atoms with Gasteiger partial charge in [0.05, 0.1) is 12.1 Å². The average Bonchev–Trinajstić information content (AvgIpc) is 1.91. The van der Waals surface area contributed by atoms with Gasteiger partial charge in [-0.25, -0.2) is 8.78 Å². The third kappa shape index (κ3) is 3.19. The molecule has 1 N–H and O–H groups in total. The zero-order valence-corrected chi connectivity index (χ0v) is 8.36. The Hall–Kier alpha value is -0.220. The van der Waals surface area contributed by atoms with E-state index in [1.165, 1.54) is 0 Å². The van der Waals surface area contributed by atoms with E-state index in [9.17, 15) is 8.78 Å². The van der Waals surface area contributed by atoms with Crippen molar-refractivity contribution in [3.8, 4) is 0 Å². The van der Waals surface area contributed by atoms with Crippen LogP contribution in [0.1, 0.15) is 27.2 Å². The van der Waals surface area contributed by atoms with Crippen LogP contribution in [0.4, 0.5) is 8.78 Å². The highest BCUT2D eigenvalue weighted by molar-refractivity contribution is 4.87. The Bertz CT molecular complexity index is 177. The van der Waals surface area contributed by atoms with Crippen LogP contribution < -0.4 is 5.32 Å². The molecule has 0 spiro atoms. The molecular weight excluding hydrogens is 176 g/mol. The van der Waals surface area contributed by atoms with Crippen LogP contribution in [0.3, 0.4) is 0 Å². The molecule has 1 fully saturated rings. The van der Waals surface area contributed by atoms with Crippen molar-refractivity contribution in [3.63, 3.8) is 0 Å². The van der Waals surface area contributed by atoms with E-state index in [0.717, 1.165) is 0 Å². The molecular formula is C9H17F2NO. The van der Waals surface area contributed by atoms with Crippen molar-refractivity contribution >= 4 is 0 Å². The molecule has 0 aromatic heterocycles.